The van der Waals surface area contributed by atoms with Crippen molar-refractivity contribution in [2.24, 2.45) is 0 Å². The van der Waals surface area contributed by atoms with E-state index in [1.54, 1.807) is 24.3 Å². The molecule has 0 bridgehead atoms. The van der Waals surface area contributed by atoms with Gasteiger partial charge in [-0.15, -0.1) is 5.10 Å². The van der Waals surface area contributed by atoms with Gasteiger partial charge in [0.15, 0.2) is 9.84 Å². The van der Waals surface area contributed by atoms with Gasteiger partial charge in [-0.3, -0.25) is 4.79 Å². The zero-order valence-electron chi connectivity index (χ0n) is 17.9. The molecule has 0 radical (unpaired) electrons. The summed E-state index contributed by atoms with van der Waals surface area (Å²) >= 11 is 5.90. The van der Waals surface area contributed by atoms with E-state index in [0.29, 0.717) is 10.6 Å². The Morgan fingerprint density at radius 3 is 2.54 bits per heavy atom. The van der Waals surface area contributed by atoms with Gasteiger partial charge in [0.1, 0.15) is 11.9 Å². The molecule has 1 atom stereocenters. The Bertz CT molecular complexity index is 1380. The summed E-state index contributed by atoms with van der Waals surface area (Å²) in [7, 11) is -4.02. The normalized spacial score (nSPS) is 16.5. The summed E-state index contributed by atoms with van der Waals surface area (Å²) < 4.78 is 84.1. The predicted molar refractivity (Wildman–Crippen MR) is 118 cm³/mol. The number of anilines is 2. The van der Waals surface area contributed by atoms with Crippen LogP contribution in [0.3, 0.4) is 0 Å². The van der Waals surface area contributed by atoms with Gasteiger partial charge in [0.05, 0.1) is 28.4 Å². The monoisotopic (exact) mass is 532 g/mol. The van der Waals surface area contributed by atoms with Crippen molar-refractivity contribution in [1.29, 1.82) is 0 Å². The number of carbonyl (C=O) groups is 1. The van der Waals surface area contributed by atoms with E-state index in [0.717, 1.165) is 19.1 Å². The maximum atomic E-state index is 15.0. The van der Waals surface area contributed by atoms with E-state index in [-0.39, 0.29) is 24.2 Å². The maximum Gasteiger partial charge on any atom is 0.408 e. The van der Waals surface area contributed by atoms with Crippen LogP contribution < -0.4 is 10.2 Å². The predicted octanol–water partition coefficient (Wildman–Crippen LogP) is 4.60. The van der Waals surface area contributed by atoms with E-state index < -0.39 is 56.3 Å². The number of alkyl halides is 3. The fraction of sp³-hybridized carbons (Fsp3) is 0.286. The molecule has 35 heavy (non-hydrogen) atoms. The van der Waals surface area contributed by atoms with Crippen LogP contribution in [0.15, 0.2) is 45.7 Å². The molecule has 3 aromatic rings. The molecule has 1 aliphatic rings. The third kappa shape index (κ3) is 5.25. The van der Waals surface area contributed by atoms with Gasteiger partial charge in [-0.25, -0.2) is 12.8 Å². The summed E-state index contributed by atoms with van der Waals surface area (Å²) in [5.74, 6) is -2.60. The van der Waals surface area contributed by atoms with Crippen LogP contribution in [-0.4, -0.2) is 42.5 Å². The van der Waals surface area contributed by atoms with Crippen LogP contribution in [-0.2, 0) is 21.2 Å². The van der Waals surface area contributed by atoms with Crippen LogP contribution in [0.25, 0.3) is 11.5 Å². The van der Waals surface area contributed by atoms with Crippen LogP contribution >= 0.6 is 11.6 Å². The van der Waals surface area contributed by atoms with E-state index in [4.69, 9.17) is 16.0 Å². The van der Waals surface area contributed by atoms with Gasteiger partial charge in [0.2, 0.25) is 5.91 Å². The molecule has 1 aromatic heterocycles. The van der Waals surface area contributed by atoms with E-state index in [1.807, 2.05) is 5.32 Å². The zero-order valence-corrected chi connectivity index (χ0v) is 19.5. The van der Waals surface area contributed by atoms with Gasteiger partial charge in [0, 0.05) is 11.4 Å². The Kier molecular flexibility index (Phi) is 6.49. The van der Waals surface area contributed by atoms with E-state index in [1.165, 1.54) is 4.90 Å². The Hall–Kier alpha value is -3.19. The molecular formula is C21H17ClF4N4O4S. The summed E-state index contributed by atoms with van der Waals surface area (Å²) in [5.41, 5.74) is 0.134. The first-order valence-corrected chi connectivity index (χ1v) is 12.2. The summed E-state index contributed by atoms with van der Waals surface area (Å²) in [6.07, 6.45) is -4.92. The first-order valence-electron chi connectivity index (χ1n) is 10.1. The van der Waals surface area contributed by atoms with Gasteiger partial charge >= 0.3 is 12.2 Å². The molecule has 1 aliphatic heterocycles. The number of aromatic nitrogens is 2. The number of nitrogens with one attached hydrogen (secondary N) is 1. The van der Waals surface area contributed by atoms with Gasteiger partial charge in [-0.05, 0) is 36.8 Å². The number of amides is 1. The van der Waals surface area contributed by atoms with Crippen LogP contribution in [0.1, 0.15) is 18.9 Å². The smallest absolute Gasteiger partial charge is 0.403 e. The fourth-order valence-electron chi connectivity index (χ4n) is 3.37. The molecular weight excluding hydrogens is 516 g/mol. The summed E-state index contributed by atoms with van der Waals surface area (Å²) in [6.45, 7) is 0.793. The molecule has 0 fully saturated rings. The lowest BCUT2D eigenvalue weighted by Crippen LogP contribution is -2.33. The molecule has 0 saturated carbocycles. The first kappa shape index (κ1) is 24.9. The number of halogens is 5. The Morgan fingerprint density at radius 2 is 1.89 bits per heavy atom. The molecule has 0 aliphatic carbocycles. The molecule has 1 amide bonds. The third-order valence-electron chi connectivity index (χ3n) is 5.30. The Morgan fingerprint density at radius 1 is 1.20 bits per heavy atom. The van der Waals surface area contributed by atoms with Crippen LogP contribution in [0.4, 0.5) is 29.3 Å². The molecule has 1 unspecified atom stereocenters. The molecule has 0 spiro atoms. The molecule has 2 aromatic carbocycles. The number of sulfone groups is 1. The quantitative estimate of drug-likeness (QED) is 0.479. The number of nitrogens with zero attached hydrogens (tertiary/aromatic N) is 3. The van der Waals surface area contributed by atoms with Crippen molar-refractivity contribution in [3.63, 3.8) is 0 Å². The largest absolute Gasteiger partial charge is 0.408 e. The van der Waals surface area contributed by atoms with Crippen molar-refractivity contribution in [2.45, 2.75) is 37.0 Å². The topological polar surface area (TPSA) is 105 Å². The lowest BCUT2D eigenvalue weighted by Gasteiger charge is -2.23. The van der Waals surface area contributed by atoms with E-state index in [9.17, 15) is 30.8 Å². The number of benzene rings is 2. The van der Waals surface area contributed by atoms with Crippen molar-refractivity contribution in [2.75, 3.05) is 16.0 Å². The van der Waals surface area contributed by atoms with Crippen molar-refractivity contribution in [1.82, 2.24) is 10.2 Å². The minimum absolute atomic E-state index is 0.0384. The lowest BCUT2D eigenvalue weighted by atomic mass is 10.1. The third-order valence-corrected chi connectivity index (χ3v) is 7.29. The summed E-state index contributed by atoms with van der Waals surface area (Å²) in [5, 5.41) is 9.46. The molecule has 186 valence electrons. The van der Waals surface area contributed by atoms with Crippen LogP contribution in [0.5, 0.6) is 0 Å². The van der Waals surface area contributed by atoms with E-state index in [2.05, 4.69) is 10.2 Å². The summed E-state index contributed by atoms with van der Waals surface area (Å²) in [6, 6.07) is 5.66. The van der Waals surface area contributed by atoms with Gasteiger partial charge < -0.3 is 14.6 Å². The highest BCUT2D eigenvalue weighted by Crippen LogP contribution is 2.37. The average molecular weight is 533 g/mol. The molecule has 8 nitrogen and oxygen atoms in total. The van der Waals surface area contributed by atoms with Crippen LogP contribution in [0, 0.1) is 5.82 Å². The molecule has 1 N–H and O–H groups in total. The van der Waals surface area contributed by atoms with Crippen molar-refractivity contribution in [3.8, 4) is 11.5 Å². The highest BCUT2D eigenvalue weighted by atomic mass is 35.5. The second-order valence-electron chi connectivity index (χ2n) is 7.80. The minimum Gasteiger partial charge on any atom is -0.403 e. The lowest BCUT2D eigenvalue weighted by molar-refractivity contribution is -0.138. The Balaban J connectivity index is 1.77. The fourth-order valence-corrected chi connectivity index (χ4v) is 4.93. The first-order chi connectivity index (χ1) is 16.3. The van der Waals surface area contributed by atoms with Crippen molar-refractivity contribution in [3.05, 3.63) is 52.8 Å². The van der Waals surface area contributed by atoms with Crippen LogP contribution in [0.2, 0.25) is 5.02 Å². The van der Waals surface area contributed by atoms with E-state index >= 15 is 0 Å². The zero-order chi connectivity index (χ0) is 25.5. The van der Waals surface area contributed by atoms with Gasteiger partial charge in [-0.1, -0.05) is 28.8 Å². The number of fused-ring (bicyclic) bond motifs is 1. The molecule has 2 heterocycles. The highest BCUT2D eigenvalue weighted by molar-refractivity contribution is 7.91. The number of hydrogen-bond donors (Lipinski definition) is 1. The summed E-state index contributed by atoms with van der Waals surface area (Å²) in [4.78, 5) is 13.6. The number of hydrogen-bond acceptors (Lipinski definition) is 7. The number of carbonyl (C=O) groups excluding carboxylic acids is 1. The van der Waals surface area contributed by atoms with Crippen molar-refractivity contribution < 1.29 is 35.2 Å². The van der Waals surface area contributed by atoms with Crippen molar-refractivity contribution >= 4 is 39.0 Å². The SMILES string of the molecule is CC(Nc1nnc(-c2cc3c(cc2F)S(=O)(=O)CCC(=O)N3Cc2ccc(Cl)cc2)o1)C(F)(F)F. The average Bonchev–Trinajstić information content (AvgIpc) is 3.21. The standard InChI is InChI=1S/C21H17ClF4N4O4S/c1-11(21(24,25)26)27-20-29-28-19(34-20)14-8-16-17(9-15(14)23)35(32,33)7-6-18(31)30(16)10-12-2-4-13(22)5-3-12/h2-5,8-9,11H,6-7,10H2,1H3,(H,27,29). The molecule has 14 heteroatoms. The molecule has 0 saturated heterocycles. The van der Waals surface area contributed by atoms with Gasteiger partial charge in [-0.2, -0.15) is 13.2 Å². The highest BCUT2D eigenvalue weighted by Gasteiger charge is 2.37. The minimum atomic E-state index is -4.60. The number of rotatable bonds is 5. The second-order valence-corrected chi connectivity index (χ2v) is 10.3. The maximum absolute atomic E-state index is 15.0. The Labute approximate surface area is 201 Å². The second kappa shape index (κ2) is 9.11. The van der Waals surface area contributed by atoms with Gasteiger partial charge in [0.25, 0.3) is 5.89 Å². The molecule has 4 rings (SSSR count).